The van der Waals surface area contributed by atoms with Crippen LogP contribution in [0.4, 0.5) is 0 Å². The van der Waals surface area contributed by atoms with Crippen molar-refractivity contribution in [3.8, 4) is 6.07 Å². The van der Waals surface area contributed by atoms with Gasteiger partial charge in [-0.1, -0.05) is 18.5 Å². The molecule has 7 heteroatoms. The number of hydrogen-bond donors (Lipinski definition) is 2. The van der Waals surface area contributed by atoms with E-state index < -0.39 is 10.0 Å². The monoisotopic (exact) mass is 313 g/mol. The second-order valence-electron chi connectivity index (χ2n) is 4.95. The average Bonchev–Trinajstić information content (AvgIpc) is 2.41. The van der Waals surface area contributed by atoms with Crippen LogP contribution in [0.25, 0.3) is 0 Å². The Morgan fingerprint density at radius 1 is 1.50 bits per heavy atom. The molecule has 2 N–H and O–H groups in total. The number of halogens is 1. The minimum atomic E-state index is -3.62. The van der Waals surface area contributed by atoms with Gasteiger partial charge in [0, 0.05) is 12.6 Å². The average molecular weight is 314 g/mol. The highest BCUT2D eigenvalue weighted by atomic mass is 35.5. The third kappa shape index (κ3) is 3.30. The van der Waals surface area contributed by atoms with Crippen LogP contribution in [-0.4, -0.2) is 27.5 Å². The number of nitrogens with one attached hydrogen (secondary N) is 2. The summed E-state index contributed by atoms with van der Waals surface area (Å²) >= 11 is 5.88. The molecule has 0 saturated carbocycles. The van der Waals surface area contributed by atoms with Crippen LogP contribution < -0.4 is 10.0 Å². The van der Waals surface area contributed by atoms with Gasteiger partial charge in [0.25, 0.3) is 0 Å². The SMILES string of the molecule is CC1CCNCC1NS(=O)(=O)c1ccc(C#N)c(Cl)c1. The normalized spacial score (nSPS) is 23.2. The first-order valence-electron chi connectivity index (χ1n) is 6.37. The number of nitriles is 1. The summed E-state index contributed by atoms with van der Waals surface area (Å²) in [6, 6.07) is 5.89. The summed E-state index contributed by atoms with van der Waals surface area (Å²) in [4.78, 5) is 0.0827. The van der Waals surface area contributed by atoms with E-state index in [1.165, 1.54) is 18.2 Å². The van der Waals surface area contributed by atoms with Crippen molar-refractivity contribution in [1.82, 2.24) is 10.0 Å². The first-order valence-corrected chi connectivity index (χ1v) is 8.23. The fraction of sp³-hybridized carbons (Fsp3) is 0.462. The van der Waals surface area contributed by atoms with Crippen molar-refractivity contribution in [3.63, 3.8) is 0 Å². The highest BCUT2D eigenvalue weighted by Gasteiger charge is 2.26. The summed E-state index contributed by atoms with van der Waals surface area (Å²) < 4.78 is 27.3. The lowest BCUT2D eigenvalue weighted by Crippen LogP contribution is -2.50. The molecule has 2 rings (SSSR count). The molecule has 0 amide bonds. The molecule has 0 spiro atoms. The zero-order chi connectivity index (χ0) is 14.8. The second-order valence-corrected chi connectivity index (χ2v) is 7.07. The zero-order valence-corrected chi connectivity index (χ0v) is 12.6. The lowest BCUT2D eigenvalue weighted by Gasteiger charge is -2.30. The van der Waals surface area contributed by atoms with Gasteiger partial charge in [-0.2, -0.15) is 5.26 Å². The van der Waals surface area contributed by atoms with Crippen LogP contribution >= 0.6 is 11.6 Å². The van der Waals surface area contributed by atoms with E-state index in [4.69, 9.17) is 16.9 Å². The molecule has 0 bridgehead atoms. The van der Waals surface area contributed by atoms with Gasteiger partial charge in [0.2, 0.25) is 10.0 Å². The van der Waals surface area contributed by atoms with Crippen molar-refractivity contribution in [2.24, 2.45) is 5.92 Å². The molecule has 2 unspecified atom stereocenters. The third-order valence-corrected chi connectivity index (χ3v) is 5.31. The smallest absolute Gasteiger partial charge is 0.240 e. The number of hydrogen-bond acceptors (Lipinski definition) is 4. The minimum Gasteiger partial charge on any atom is -0.315 e. The van der Waals surface area contributed by atoms with Gasteiger partial charge >= 0.3 is 0 Å². The van der Waals surface area contributed by atoms with Crippen molar-refractivity contribution >= 4 is 21.6 Å². The molecule has 1 heterocycles. The van der Waals surface area contributed by atoms with Crippen LogP contribution in [0.2, 0.25) is 5.02 Å². The Bertz CT molecular complexity index is 640. The van der Waals surface area contributed by atoms with Gasteiger partial charge in [-0.25, -0.2) is 13.1 Å². The number of piperidine rings is 1. The van der Waals surface area contributed by atoms with Crippen molar-refractivity contribution in [2.75, 3.05) is 13.1 Å². The molecule has 20 heavy (non-hydrogen) atoms. The first-order chi connectivity index (χ1) is 9.44. The Hall–Kier alpha value is -1.13. The number of rotatable bonds is 3. The van der Waals surface area contributed by atoms with Gasteiger partial charge in [0.15, 0.2) is 0 Å². The predicted molar refractivity (Wildman–Crippen MR) is 76.9 cm³/mol. The van der Waals surface area contributed by atoms with Gasteiger partial charge in [0.05, 0.1) is 15.5 Å². The van der Waals surface area contributed by atoms with E-state index in [1.54, 1.807) is 0 Å². The maximum Gasteiger partial charge on any atom is 0.240 e. The summed E-state index contributed by atoms with van der Waals surface area (Å²) in [6.07, 6.45) is 0.932. The van der Waals surface area contributed by atoms with Crippen LogP contribution in [-0.2, 0) is 10.0 Å². The predicted octanol–water partition coefficient (Wildman–Crippen LogP) is 1.49. The van der Waals surface area contributed by atoms with Crippen LogP contribution in [0, 0.1) is 17.2 Å². The van der Waals surface area contributed by atoms with Crippen LogP contribution in [0.15, 0.2) is 23.1 Å². The highest BCUT2D eigenvalue weighted by Crippen LogP contribution is 2.21. The lowest BCUT2D eigenvalue weighted by atomic mass is 9.96. The number of sulfonamides is 1. The fourth-order valence-corrected chi connectivity index (χ4v) is 3.83. The molecule has 1 aromatic carbocycles. The maximum absolute atomic E-state index is 12.3. The van der Waals surface area contributed by atoms with Gasteiger partial charge in [-0.3, -0.25) is 0 Å². The molecule has 108 valence electrons. The lowest BCUT2D eigenvalue weighted by molar-refractivity contribution is 0.327. The van der Waals surface area contributed by atoms with Crippen molar-refractivity contribution in [2.45, 2.75) is 24.3 Å². The second kappa shape index (κ2) is 6.10. The molecular formula is C13H16ClN3O2S. The molecule has 2 atom stereocenters. The molecule has 5 nitrogen and oxygen atoms in total. The fourth-order valence-electron chi connectivity index (χ4n) is 2.17. The van der Waals surface area contributed by atoms with E-state index in [2.05, 4.69) is 10.0 Å². The summed E-state index contributed by atoms with van der Waals surface area (Å²) in [5.74, 6) is 0.278. The van der Waals surface area contributed by atoms with Crippen LogP contribution in [0.5, 0.6) is 0 Å². The summed E-state index contributed by atoms with van der Waals surface area (Å²) in [5.41, 5.74) is 0.262. The summed E-state index contributed by atoms with van der Waals surface area (Å²) in [6.45, 7) is 3.55. The van der Waals surface area contributed by atoms with Crippen LogP contribution in [0.1, 0.15) is 18.9 Å². The Balaban J connectivity index is 2.22. The maximum atomic E-state index is 12.3. The Labute approximate surface area is 124 Å². The quantitative estimate of drug-likeness (QED) is 0.885. The summed E-state index contributed by atoms with van der Waals surface area (Å²) in [7, 11) is -3.62. The van der Waals surface area contributed by atoms with E-state index in [9.17, 15) is 8.42 Å². The minimum absolute atomic E-state index is 0.0827. The number of benzene rings is 1. The van der Waals surface area contributed by atoms with Crippen LogP contribution in [0.3, 0.4) is 0 Å². The standard InChI is InChI=1S/C13H16ClN3O2S/c1-9-4-5-16-8-13(9)17-20(18,19)11-3-2-10(7-15)12(14)6-11/h2-3,6,9,13,16-17H,4-5,8H2,1H3. The molecule has 1 saturated heterocycles. The van der Waals surface area contributed by atoms with E-state index in [0.717, 1.165) is 13.0 Å². The molecule has 0 aliphatic carbocycles. The van der Waals surface area contributed by atoms with E-state index in [1.807, 2.05) is 13.0 Å². The van der Waals surface area contributed by atoms with E-state index in [-0.39, 0.29) is 27.4 Å². The van der Waals surface area contributed by atoms with E-state index >= 15 is 0 Å². The Morgan fingerprint density at radius 3 is 2.85 bits per heavy atom. The third-order valence-electron chi connectivity index (χ3n) is 3.51. The molecular weight excluding hydrogens is 298 g/mol. The molecule has 1 aromatic rings. The zero-order valence-electron chi connectivity index (χ0n) is 11.1. The van der Waals surface area contributed by atoms with Gasteiger partial charge in [0.1, 0.15) is 6.07 Å². The Morgan fingerprint density at radius 2 is 2.25 bits per heavy atom. The summed E-state index contributed by atoms with van der Waals surface area (Å²) in [5, 5.41) is 12.1. The van der Waals surface area contributed by atoms with Gasteiger partial charge < -0.3 is 5.32 Å². The molecule has 0 aromatic heterocycles. The van der Waals surface area contributed by atoms with Gasteiger partial charge in [-0.05, 0) is 37.1 Å². The van der Waals surface area contributed by atoms with Crippen molar-refractivity contribution < 1.29 is 8.42 Å². The molecule has 1 aliphatic rings. The highest BCUT2D eigenvalue weighted by molar-refractivity contribution is 7.89. The molecule has 0 radical (unpaired) electrons. The molecule has 1 aliphatic heterocycles. The number of nitrogens with zero attached hydrogens (tertiary/aromatic N) is 1. The first kappa shape index (κ1) is 15.3. The Kier molecular flexibility index (Phi) is 4.66. The molecule has 1 fully saturated rings. The largest absolute Gasteiger partial charge is 0.315 e. The van der Waals surface area contributed by atoms with Crippen molar-refractivity contribution in [1.29, 1.82) is 5.26 Å². The van der Waals surface area contributed by atoms with E-state index in [0.29, 0.717) is 6.54 Å². The van der Waals surface area contributed by atoms with Crippen molar-refractivity contribution in [3.05, 3.63) is 28.8 Å². The topological polar surface area (TPSA) is 82.0 Å². The van der Waals surface area contributed by atoms with Gasteiger partial charge in [-0.15, -0.1) is 0 Å².